The van der Waals surface area contributed by atoms with Crippen LogP contribution < -0.4 is 0 Å². The van der Waals surface area contributed by atoms with Crippen LogP contribution in [0.25, 0.3) is 11.3 Å². The van der Waals surface area contributed by atoms with E-state index in [1.54, 1.807) is 0 Å². The first-order chi connectivity index (χ1) is 15.2. The Kier molecular flexibility index (Phi) is 4.69. The molecule has 2 saturated heterocycles. The Balaban J connectivity index is 1.11. The van der Waals surface area contributed by atoms with Crippen molar-refractivity contribution in [2.75, 3.05) is 26.3 Å². The summed E-state index contributed by atoms with van der Waals surface area (Å²) in [5.74, 6) is 0.976. The maximum atomic E-state index is 12.8. The second-order valence-corrected chi connectivity index (χ2v) is 10.0. The van der Waals surface area contributed by atoms with Gasteiger partial charge in [0.25, 0.3) is 0 Å². The first-order valence-electron chi connectivity index (χ1n) is 11.8. The molecule has 0 bridgehead atoms. The molecule has 1 spiro atoms. The molecule has 2 aromatic rings. The molecule has 6 heteroatoms. The number of likely N-dealkylation sites (tertiary alicyclic amines) is 1. The zero-order valence-corrected chi connectivity index (χ0v) is 17.9. The largest absolute Gasteiger partial charge is 0.392 e. The van der Waals surface area contributed by atoms with E-state index in [9.17, 15) is 9.90 Å². The minimum absolute atomic E-state index is 0.0294. The Hall–Kier alpha value is -2.18. The van der Waals surface area contributed by atoms with Gasteiger partial charge in [-0.05, 0) is 43.6 Å². The highest BCUT2D eigenvalue weighted by molar-refractivity contribution is 5.76. The van der Waals surface area contributed by atoms with Crippen LogP contribution >= 0.6 is 0 Å². The molecule has 0 unspecified atom stereocenters. The van der Waals surface area contributed by atoms with E-state index in [0.29, 0.717) is 18.2 Å². The monoisotopic (exact) mass is 421 g/mol. The Bertz CT molecular complexity index is 972. The summed E-state index contributed by atoms with van der Waals surface area (Å²) in [7, 11) is 0. The number of carbonyl (C=O) groups excluding carboxylic acids is 1. The minimum Gasteiger partial charge on any atom is -0.392 e. The molecule has 3 fully saturated rings. The number of aromatic nitrogens is 2. The molecule has 1 aromatic carbocycles. The van der Waals surface area contributed by atoms with E-state index in [1.165, 1.54) is 11.1 Å². The summed E-state index contributed by atoms with van der Waals surface area (Å²) < 4.78 is 7.67. The van der Waals surface area contributed by atoms with Crippen LogP contribution in [0, 0.1) is 17.3 Å². The third kappa shape index (κ3) is 3.06. The van der Waals surface area contributed by atoms with Gasteiger partial charge in [0.1, 0.15) is 0 Å². The number of hydrogen-bond acceptors (Lipinski definition) is 4. The SMILES string of the molecule is O=C(CC1CCOCC1)N1CCC2(CC1)C[C@@H]([C@H]1c3ccccc3-c3cncn31)[C@H]2O. The summed E-state index contributed by atoms with van der Waals surface area (Å²) in [6.45, 7) is 3.14. The molecule has 31 heavy (non-hydrogen) atoms. The molecule has 1 aromatic heterocycles. The molecule has 1 N–H and O–H groups in total. The predicted octanol–water partition coefficient (Wildman–Crippen LogP) is 3.26. The molecule has 1 saturated carbocycles. The Labute approximate surface area is 183 Å². The van der Waals surface area contributed by atoms with Crippen LogP contribution in [0.5, 0.6) is 0 Å². The average molecular weight is 422 g/mol. The van der Waals surface area contributed by atoms with Gasteiger partial charge in [-0.2, -0.15) is 0 Å². The van der Waals surface area contributed by atoms with Gasteiger partial charge in [-0.3, -0.25) is 4.79 Å². The first-order valence-corrected chi connectivity index (χ1v) is 11.8. The third-order valence-electron chi connectivity index (χ3n) is 8.52. The number of rotatable bonds is 3. The summed E-state index contributed by atoms with van der Waals surface area (Å²) in [6.07, 6.45) is 9.02. The average Bonchev–Trinajstić information content (AvgIpc) is 3.40. The van der Waals surface area contributed by atoms with Crippen molar-refractivity contribution in [1.29, 1.82) is 0 Å². The fraction of sp³-hybridized carbons (Fsp3) is 0.600. The summed E-state index contributed by atoms with van der Waals surface area (Å²) in [5, 5.41) is 11.4. The molecule has 3 aliphatic heterocycles. The van der Waals surface area contributed by atoms with Crippen LogP contribution in [0.3, 0.4) is 0 Å². The minimum atomic E-state index is -0.327. The number of benzene rings is 1. The highest BCUT2D eigenvalue weighted by Gasteiger charge is 2.58. The van der Waals surface area contributed by atoms with Crippen LogP contribution in [0.4, 0.5) is 0 Å². The molecule has 1 amide bonds. The van der Waals surface area contributed by atoms with E-state index in [1.807, 2.05) is 17.4 Å². The van der Waals surface area contributed by atoms with Crippen molar-refractivity contribution in [2.45, 2.75) is 50.7 Å². The van der Waals surface area contributed by atoms with Gasteiger partial charge in [0.05, 0.1) is 30.4 Å². The van der Waals surface area contributed by atoms with Crippen molar-refractivity contribution in [1.82, 2.24) is 14.5 Å². The number of nitrogens with zero attached hydrogens (tertiary/aromatic N) is 3. The smallest absolute Gasteiger partial charge is 0.222 e. The molecule has 4 aliphatic rings. The van der Waals surface area contributed by atoms with Crippen molar-refractivity contribution in [3.8, 4) is 11.3 Å². The standard InChI is InChI=1S/C25H31N3O3/c29-22(13-17-5-11-31-12-6-17)27-9-7-25(8-10-27)14-20(24(25)30)23-19-4-2-1-3-18(19)21-15-26-16-28(21)23/h1-4,15-17,20,23-24,30H,5-14H2/t20-,23+,24+/m0/s1. The number of ether oxygens (including phenoxy) is 1. The van der Waals surface area contributed by atoms with Gasteiger partial charge in [0, 0.05) is 49.6 Å². The van der Waals surface area contributed by atoms with Crippen LogP contribution in [-0.4, -0.2) is 57.9 Å². The van der Waals surface area contributed by atoms with Gasteiger partial charge in [-0.25, -0.2) is 4.98 Å². The molecule has 0 radical (unpaired) electrons. The normalized spacial score (nSPS) is 29.5. The van der Waals surface area contributed by atoms with Gasteiger partial charge in [0.15, 0.2) is 0 Å². The maximum absolute atomic E-state index is 12.8. The van der Waals surface area contributed by atoms with Crippen LogP contribution in [-0.2, 0) is 9.53 Å². The molecule has 1 aliphatic carbocycles. The fourth-order valence-corrected chi connectivity index (χ4v) is 6.62. The molecule has 4 heterocycles. The van der Waals surface area contributed by atoms with E-state index >= 15 is 0 Å². The highest BCUT2D eigenvalue weighted by atomic mass is 16.5. The van der Waals surface area contributed by atoms with Gasteiger partial charge in [0.2, 0.25) is 5.91 Å². The quantitative estimate of drug-likeness (QED) is 0.826. The zero-order chi connectivity index (χ0) is 21.0. The van der Waals surface area contributed by atoms with E-state index < -0.39 is 0 Å². The van der Waals surface area contributed by atoms with Crippen molar-refractivity contribution in [3.05, 3.63) is 42.4 Å². The van der Waals surface area contributed by atoms with Crippen molar-refractivity contribution in [2.24, 2.45) is 17.3 Å². The molecular weight excluding hydrogens is 390 g/mol. The van der Waals surface area contributed by atoms with Crippen molar-refractivity contribution >= 4 is 5.91 Å². The third-order valence-corrected chi connectivity index (χ3v) is 8.52. The van der Waals surface area contributed by atoms with E-state index in [4.69, 9.17) is 4.74 Å². The van der Waals surface area contributed by atoms with Gasteiger partial charge >= 0.3 is 0 Å². The molecule has 164 valence electrons. The summed E-state index contributed by atoms with van der Waals surface area (Å²) in [6, 6.07) is 8.69. The molecule has 3 atom stereocenters. The lowest BCUT2D eigenvalue weighted by molar-refractivity contribution is -0.165. The first kappa shape index (κ1) is 19.5. The van der Waals surface area contributed by atoms with E-state index in [-0.39, 0.29) is 23.5 Å². The number of imidazole rings is 1. The number of amides is 1. The Morgan fingerprint density at radius 3 is 2.74 bits per heavy atom. The zero-order valence-electron chi connectivity index (χ0n) is 17.9. The van der Waals surface area contributed by atoms with E-state index in [2.05, 4.69) is 33.8 Å². The predicted molar refractivity (Wildman–Crippen MR) is 116 cm³/mol. The topological polar surface area (TPSA) is 67.6 Å². The number of fused-ring (bicyclic) bond motifs is 3. The molecule has 6 rings (SSSR count). The van der Waals surface area contributed by atoms with Crippen molar-refractivity contribution in [3.63, 3.8) is 0 Å². The number of hydrogen-bond donors (Lipinski definition) is 1. The van der Waals surface area contributed by atoms with Gasteiger partial charge in [-0.15, -0.1) is 0 Å². The lowest BCUT2D eigenvalue weighted by atomic mass is 9.53. The Morgan fingerprint density at radius 2 is 1.97 bits per heavy atom. The number of piperidine rings is 1. The molecular formula is C25H31N3O3. The summed E-state index contributed by atoms with van der Waals surface area (Å²) >= 11 is 0. The molecule has 6 nitrogen and oxygen atoms in total. The number of aliphatic hydroxyl groups is 1. The van der Waals surface area contributed by atoms with Gasteiger partial charge in [-0.1, -0.05) is 24.3 Å². The summed E-state index contributed by atoms with van der Waals surface area (Å²) in [4.78, 5) is 19.2. The second kappa shape index (κ2) is 7.45. The highest BCUT2D eigenvalue weighted by Crippen LogP contribution is 2.59. The lowest BCUT2D eigenvalue weighted by Gasteiger charge is -2.58. The lowest BCUT2D eigenvalue weighted by Crippen LogP contribution is -2.60. The van der Waals surface area contributed by atoms with Crippen LogP contribution in [0.15, 0.2) is 36.8 Å². The number of aliphatic hydroxyl groups excluding tert-OH is 1. The number of carbonyl (C=O) groups is 1. The second-order valence-electron chi connectivity index (χ2n) is 10.0. The Morgan fingerprint density at radius 1 is 1.19 bits per heavy atom. The van der Waals surface area contributed by atoms with Gasteiger partial charge < -0.3 is 19.3 Å². The maximum Gasteiger partial charge on any atom is 0.222 e. The van der Waals surface area contributed by atoms with Crippen LogP contribution in [0.2, 0.25) is 0 Å². The van der Waals surface area contributed by atoms with E-state index in [0.717, 1.165) is 64.1 Å². The van der Waals surface area contributed by atoms with Crippen LogP contribution in [0.1, 0.15) is 50.1 Å². The van der Waals surface area contributed by atoms with Crippen molar-refractivity contribution < 1.29 is 14.6 Å². The fourth-order valence-electron chi connectivity index (χ4n) is 6.62. The summed E-state index contributed by atoms with van der Waals surface area (Å²) in [5.41, 5.74) is 3.68.